The molecule has 0 bridgehead atoms. The summed E-state index contributed by atoms with van der Waals surface area (Å²) in [5.74, 6) is -0.0762. The van der Waals surface area contributed by atoms with Crippen molar-refractivity contribution in [2.75, 3.05) is 11.9 Å². The van der Waals surface area contributed by atoms with Crippen LogP contribution in [0, 0.1) is 20.8 Å². The van der Waals surface area contributed by atoms with Crippen LogP contribution in [0.3, 0.4) is 0 Å². The minimum absolute atomic E-state index is 0.0312. The van der Waals surface area contributed by atoms with Crippen LogP contribution in [0.15, 0.2) is 54.6 Å². The van der Waals surface area contributed by atoms with E-state index in [0.29, 0.717) is 6.42 Å². The Bertz CT molecular complexity index is 1160. The van der Waals surface area contributed by atoms with Gasteiger partial charge in [-0.25, -0.2) is 0 Å². The molecule has 4 nitrogen and oxygen atoms in total. The van der Waals surface area contributed by atoms with Gasteiger partial charge >= 0.3 is 0 Å². The molecular formula is C31H39N3O. The molecule has 0 spiro atoms. The van der Waals surface area contributed by atoms with Crippen molar-refractivity contribution in [1.82, 2.24) is 5.32 Å². The third kappa shape index (κ3) is 5.94. The lowest BCUT2D eigenvalue weighted by Crippen LogP contribution is -2.45. The maximum atomic E-state index is 13.2. The molecule has 3 aromatic rings. The van der Waals surface area contributed by atoms with Gasteiger partial charge in [0.05, 0.1) is 12.1 Å². The normalized spacial score (nSPS) is 15.7. The van der Waals surface area contributed by atoms with E-state index in [-0.39, 0.29) is 11.9 Å². The van der Waals surface area contributed by atoms with Crippen LogP contribution >= 0.6 is 0 Å². The number of benzene rings is 3. The SMILES string of the molecule is CCCc1cc(Cc2ccccc2)cc2c1NCC[C@H]2NC(=O)[C@@H](N)Cc1c(C)cc(C)cc1C. The maximum Gasteiger partial charge on any atom is 0.237 e. The predicted octanol–water partition coefficient (Wildman–Crippen LogP) is 5.70. The number of anilines is 1. The molecular weight excluding hydrogens is 430 g/mol. The van der Waals surface area contributed by atoms with E-state index >= 15 is 0 Å². The number of hydrogen-bond acceptors (Lipinski definition) is 3. The molecule has 35 heavy (non-hydrogen) atoms. The van der Waals surface area contributed by atoms with Crippen LogP contribution in [-0.2, 0) is 24.1 Å². The van der Waals surface area contributed by atoms with Crippen molar-refractivity contribution < 1.29 is 4.79 Å². The van der Waals surface area contributed by atoms with Crippen LogP contribution in [0.2, 0.25) is 0 Å². The average Bonchev–Trinajstić information content (AvgIpc) is 2.82. The summed E-state index contributed by atoms with van der Waals surface area (Å²) >= 11 is 0. The molecule has 4 N–H and O–H groups in total. The minimum Gasteiger partial charge on any atom is -0.384 e. The van der Waals surface area contributed by atoms with E-state index in [1.165, 1.54) is 50.2 Å². The molecule has 3 aromatic carbocycles. The van der Waals surface area contributed by atoms with E-state index in [2.05, 4.69) is 92.9 Å². The summed E-state index contributed by atoms with van der Waals surface area (Å²) in [4.78, 5) is 13.2. The summed E-state index contributed by atoms with van der Waals surface area (Å²) in [6.07, 6.45) is 4.40. The lowest BCUT2D eigenvalue weighted by Gasteiger charge is -2.31. The van der Waals surface area contributed by atoms with E-state index < -0.39 is 6.04 Å². The molecule has 4 heteroatoms. The summed E-state index contributed by atoms with van der Waals surface area (Å²) in [5.41, 5.74) is 17.6. The van der Waals surface area contributed by atoms with Gasteiger partial charge in [0.2, 0.25) is 5.91 Å². The number of amides is 1. The zero-order valence-corrected chi connectivity index (χ0v) is 21.6. The van der Waals surface area contributed by atoms with Gasteiger partial charge in [0, 0.05) is 12.2 Å². The van der Waals surface area contributed by atoms with Crippen molar-refractivity contribution >= 4 is 11.6 Å². The molecule has 1 aliphatic rings. The minimum atomic E-state index is -0.573. The monoisotopic (exact) mass is 469 g/mol. The Balaban J connectivity index is 1.56. The molecule has 1 aliphatic heterocycles. The van der Waals surface area contributed by atoms with Gasteiger partial charge in [0.25, 0.3) is 0 Å². The number of nitrogens with two attached hydrogens (primary N) is 1. The second-order valence-corrected chi connectivity index (χ2v) is 10.1. The van der Waals surface area contributed by atoms with Crippen molar-refractivity contribution in [1.29, 1.82) is 0 Å². The largest absolute Gasteiger partial charge is 0.384 e. The number of fused-ring (bicyclic) bond motifs is 1. The van der Waals surface area contributed by atoms with Crippen molar-refractivity contribution in [3.05, 3.63) is 99.1 Å². The lowest BCUT2D eigenvalue weighted by molar-refractivity contribution is -0.123. The third-order valence-corrected chi connectivity index (χ3v) is 7.11. The quantitative estimate of drug-likeness (QED) is 0.397. The zero-order chi connectivity index (χ0) is 24.9. The summed E-state index contributed by atoms with van der Waals surface area (Å²) in [6.45, 7) is 9.37. The second-order valence-electron chi connectivity index (χ2n) is 10.1. The molecule has 0 fully saturated rings. The van der Waals surface area contributed by atoms with Gasteiger partial charge in [0.1, 0.15) is 0 Å². The van der Waals surface area contributed by atoms with Crippen LogP contribution in [0.4, 0.5) is 5.69 Å². The first-order valence-electron chi connectivity index (χ1n) is 12.9. The molecule has 4 rings (SSSR count). The molecule has 0 saturated carbocycles. The highest BCUT2D eigenvalue weighted by Gasteiger charge is 2.26. The summed E-state index contributed by atoms with van der Waals surface area (Å²) in [6, 6.07) is 18.9. The Morgan fingerprint density at radius 3 is 2.46 bits per heavy atom. The van der Waals surface area contributed by atoms with E-state index in [9.17, 15) is 4.79 Å². The Kier molecular flexibility index (Phi) is 7.92. The highest BCUT2D eigenvalue weighted by molar-refractivity contribution is 5.83. The first-order valence-corrected chi connectivity index (χ1v) is 12.9. The zero-order valence-electron chi connectivity index (χ0n) is 21.6. The van der Waals surface area contributed by atoms with Crippen molar-refractivity contribution in [3.8, 4) is 0 Å². The van der Waals surface area contributed by atoms with Crippen molar-refractivity contribution in [2.24, 2.45) is 5.73 Å². The Hall–Kier alpha value is -3.11. The number of aryl methyl sites for hydroxylation is 4. The maximum absolute atomic E-state index is 13.2. The van der Waals surface area contributed by atoms with Gasteiger partial charge in [-0.1, -0.05) is 73.5 Å². The number of rotatable bonds is 8. The number of carbonyl (C=O) groups is 1. The van der Waals surface area contributed by atoms with Crippen molar-refractivity contribution in [2.45, 2.75) is 71.9 Å². The van der Waals surface area contributed by atoms with Gasteiger partial charge in [-0.05, 0) is 85.4 Å². The Morgan fingerprint density at radius 1 is 1.06 bits per heavy atom. The fourth-order valence-corrected chi connectivity index (χ4v) is 5.46. The van der Waals surface area contributed by atoms with Gasteiger partial charge in [-0.15, -0.1) is 0 Å². The van der Waals surface area contributed by atoms with Gasteiger partial charge in [-0.2, -0.15) is 0 Å². The van der Waals surface area contributed by atoms with Crippen LogP contribution in [0.25, 0.3) is 0 Å². The third-order valence-electron chi connectivity index (χ3n) is 7.11. The van der Waals surface area contributed by atoms with Crippen molar-refractivity contribution in [3.63, 3.8) is 0 Å². The first kappa shape index (κ1) is 25.0. The van der Waals surface area contributed by atoms with E-state index in [1.807, 2.05) is 0 Å². The highest BCUT2D eigenvalue weighted by atomic mass is 16.2. The summed E-state index contributed by atoms with van der Waals surface area (Å²) < 4.78 is 0. The van der Waals surface area contributed by atoms with E-state index in [0.717, 1.165) is 32.2 Å². The highest BCUT2D eigenvalue weighted by Crippen LogP contribution is 2.35. The summed E-state index contributed by atoms with van der Waals surface area (Å²) in [7, 11) is 0. The molecule has 0 saturated heterocycles. The predicted molar refractivity (Wildman–Crippen MR) is 146 cm³/mol. The van der Waals surface area contributed by atoms with Crippen LogP contribution in [0.5, 0.6) is 0 Å². The fraction of sp³-hybridized carbons (Fsp3) is 0.387. The fourth-order valence-electron chi connectivity index (χ4n) is 5.46. The average molecular weight is 470 g/mol. The number of hydrogen-bond donors (Lipinski definition) is 3. The lowest BCUT2D eigenvalue weighted by atomic mass is 9.89. The molecule has 184 valence electrons. The Labute approximate surface area is 210 Å². The molecule has 0 aromatic heterocycles. The molecule has 0 radical (unpaired) electrons. The number of nitrogens with one attached hydrogen (secondary N) is 2. The molecule has 2 atom stereocenters. The van der Waals surface area contributed by atoms with Gasteiger partial charge < -0.3 is 16.4 Å². The molecule has 0 unspecified atom stereocenters. The smallest absolute Gasteiger partial charge is 0.237 e. The van der Waals surface area contributed by atoms with Crippen LogP contribution in [0.1, 0.15) is 70.3 Å². The standard InChI is InChI=1S/C31H39N3O/c1-5-9-25-17-24(16-23-10-7-6-8-11-23)18-27-29(12-13-33-30(25)27)34-31(35)28(32)19-26-21(3)14-20(2)15-22(26)4/h6-8,10-11,14-15,17-18,28-29,33H,5,9,12-13,16,19,32H2,1-4H3,(H,34,35)/t28-,29+/m0/s1. The number of carbonyl (C=O) groups excluding carboxylic acids is 1. The first-order chi connectivity index (χ1) is 16.9. The van der Waals surface area contributed by atoms with Gasteiger partial charge in [-0.3, -0.25) is 4.79 Å². The van der Waals surface area contributed by atoms with E-state index in [4.69, 9.17) is 5.73 Å². The molecule has 1 amide bonds. The van der Waals surface area contributed by atoms with Crippen LogP contribution < -0.4 is 16.4 Å². The summed E-state index contributed by atoms with van der Waals surface area (Å²) in [5, 5.41) is 6.92. The molecule has 0 aliphatic carbocycles. The topological polar surface area (TPSA) is 67.1 Å². The van der Waals surface area contributed by atoms with Gasteiger partial charge in [0.15, 0.2) is 0 Å². The Morgan fingerprint density at radius 2 is 1.77 bits per heavy atom. The molecule has 1 heterocycles. The van der Waals surface area contributed by atoms with Crippen LogP contribution in [-0.4, -0.2) is 18.5 Å². The second kappa shape index (κ2) is 11.1. The van der Waals surface area contributed by atoms with E-state index in [1.54, 1.807) is 0 Å².